The number of aromatic nitrogens is 2. The maximum atomic E-state index is 6.27. The highest BCUT2D eigenvalue weighted by atomic mass is 16.5. The number of methoxy groups -OCH3 is 3. The first kappa shape index (κ1) is 18.7. The quantitative estimate of drug-likeness (QED) is 0.720. The summed E-state index contributed by atoms with van der Waals surface area (Å²) < 4.78 is 22.6. The smallest absolute Gasteiger partial charge is 0.227 e. The van der Waals surface area contributed by atoms with E-state index in [2.05, 4.69) is 9.97 Å². The van der Waals surface area contributed by atoms with Crippen LogP contribution >= 0.6 is 0 Å². The second-order valence-corrected chi connectivity index (χ2v) is 6.53. The third-order valence-corrected chi connectivity index (χ3v) is 4.73. The van der Waals surface area contributed by atoms with Crippen LogP contribution in [0.4, 0.5) is 11.8 Å². The molecule has 0 aliphatic carbocycles. The highest BCUT2D eigenvalue weighted by Crippen LogP contribution is 2.41. The summed E-state index contributed by atoms with van der Waals surface area (Å²) in [6.45, 7) is 1.04. The summed E-state index contributed by atoms with van der Waals surface area (Å²) in [4.78, 5) is 10.8. The summed E-state index contributed by atoms with van der Waals surface area (Å²) in [6.07, 6.45) is 1.65. The van der Waals surface area contributed by atoms with Crippen molar-refractivity contribution in [1.29, 1.82) is 0 Å². The standard InChI is InChI=1S/C21H22N4O4/c1-26-15-5-4-13-11-25(21-23-7-6-20(22)24-21)12-14-8-18(27-2)19(28-3)10-17(14)29-16(13)9-15/h4-10H,11-12H2,1-3H3,(H2,22,23,24). The predicted molar refractivity (Wildman–Crippen MR) is 109 cm³/mol. The van der Waals surface area contributed by atoms with Gasteiger partial charge in [-0.05, 0) is 24.3 Å². The van der Waals surface area contributed by atoms with Gasteiger partial charge in [-0.3, -0.25) is 0 Å². The fraction of sp³-hybridized carbons (Fsp3) is 0.238. The molecule has 0 bridgehead atoms. The molecule has 2 aromatic carbocycles. The van der Waals surface area contributed by atoms with E-state index in [9.17, 15) is 0 Å². The van der Waals surface area contributed by atoms with Gasteiger partial charge in [-0.15, -0.1) is 0 Å². The van der Waals surface area contributed by atoms with Crippen molar-refractivity contribution in [2.75, 3.05) is 32.0 Å². The van der Waals surface area contributed by atoms with Crippen LogP contribution < -0.4 is 29.6 Å². The fourth-order valence-electron chi connectivity index (χ4n) is 3.25. The summed E-state index contributed by atoms with van der Waals surface area (Å²) in [7, 11) is 4.82. The molecule has 0 saturated heterocycles. The molecule has 0 fully saturated rings. The summed E-state index contributed by atoms with van der Waals surface area (Å²) in [6, 6.07) is 11.1. The molecule has 8 heteroatoms. The Morgan fingerprint density at radius 2 is 1.62 bits per heavy atom. The van der Waals surface area contributed by atoms with E-state index in [1.807, 2.05) is 35.2 Å². The monoisotopic (exact) mass is 394 g/mol. The van der Waals surface area contributed by atoms with Gasteiger partial charge in [0, 0.05) is 36.0 Å². The van der Waals surface area contributed by atoms with Crippen molar-refractivity contribution >= 4 is 11.8 Å². The number of hydrogen-bond donors (Lipinski definition) is 1. The fourth-order valence-corrected chi connectivity index (χ4v) is 3.25. The summed E-state index contributed by atoms with van der Waals surface area (Å²) in [5.74, 6) is 4.21. The normalized spacial score (nSPS) is 12.7. The number of hydrogen-bond acceptors (Lipinski definition) is 8. The zero-order valence-corrected chi connectivity index (χ0v) is 16.5. The number of ether oxygens (including phenoxy) is 4. The van der Waals surface area contributed by atoms with Crippen molar-refractivity contribution in [3.8, 4) is 28.7 Å². The Morgan fingerprint density at radius 3 is 2.34 bits per heavy atom. The number of benzene rings is 2. The first-order chi connectivity index (χ1) is 14.1. The molecule has 4 rings (SSSR count). The molecule has 1 aliphatic heterocycles. The Labute approximate surface area is 168 Å². The van der Waals surface area contributed by atoms with Gasteiger partial charge in [-0.1, -0.05) is 0 Å². The Balaban J connectivity index is 1.87. The molecule has 29 heavy (non-hydrogen) atoms. The molecular formula is C21H22N4O4. The second kappa shape index (κ2) is 7.75. The van der Waals surface area contributed by atoms with Gasteiger partial charge in [0.15, 0.2) is 11.5 Å². The minimum atomic E-state index is 0.413. The molecule has 0 spiro atoms. The van der Waals surface area contributed by atoms with E-state index < -0.39 is 0 Å². The molecule has 8 nitrogen and oxygen atoms in total. The lowest BCUT2D eigenvalue weighted by Gasteiger charge is -2.28. The third-order valence-electron chi connectivity index (χ3n) is 4.73. The lowest BCUT2D eigenvalue weighted by atomic mass is 10.1. The Kier molecular flexibility index (Phi) is 4.99. The highest BCUT2D eigenvalue weighted by Gasteiger charge is 2.23. The van der Waals surface area contributed by atoms with Gasteiger partial charge >= 0.3 is 0 Å². The minimum Gasteiger partial charge on any atom is -0.497 e. The number of fused-ring (bicyclic) bond motifs is 2. The molecule has 0 atom stereocenters. The van der Waals surface area contributed by atoms with Crippen LogP contribution in [0.1, 0.15) is 11.1 Å². The van der Waals surface area contributed by atoms with Crippen molar-refractivity contribution in [2.24, 2.45) is 0 Å². The number of anilines is 2. The molecule has 0 saturated carbocycles. The molecule has 0 amide bonds. The molecule has 2 N–H and O–H groups in total. The van der Waals surface area contributed by atoms with Gasteiger partial charge in [0.05, 0.1) is 27.9 Å². The average Bonchev–Trinajstić information content (AvgIpc) is 2.73. The summed E-state index contributed by atoms with van der Waals surface area (Å²) in [5, 5.41) is 0. The van der Waals surface area contributed by atoms with E-state index in [1.165, 1.54) is 0 Å². The van der Waals surface area contributed by atoms with Gasteiger partial charge in [0.2, 0.25) is 5.95 Å². The lowest BCUT2D eigenvalue weighted by molar-refractivity contribution is 0.350. The number of nitrogen functional groups attached to an aromatic ring is 1. The molecule has 3 aromatic rings. The van der Waals surface area contributed by atoms with Gasteiger partial charge < -0.3 is 29.6 Å². The first-order valence-electron chi connectivity index (χ1n) is 9.04. The minimum absolute atomic E-state index is 0.413. The molecule has 150 valence electrons. The number of rotatable bonds is 4. The van der Waals surface area contributed by atoms with Crippen LogP contribution in [0.3, 0.4) is 0 Å². The average molecular weight is 394 g/mol. The van der Waals surface area contributed by atoms with Crippen molar-refractivity contribution < 1.29 is 18.9 Å². The molecule has 0 radical (unpaired) electrons. The van der Waals surface area contributed by atoms with Crippen LogP contribution in [-0.4, -0.2) is 31.3 Å². The van der Waals surface area contributed by atoms with E-state index in [1.54, 1.807) is 33.6 Å². The highest BCUT2D eigenvalue weighted by molar-refractivity contribution is 5.56. The van der Waals surface area contributed by atoms with Gasteiger partial charge in [-0.25, -0.2) is 4.98 Å². The van der Waals surface area contributed by atoms with Crippen LogP contribution in [0, 0.1) is 0 Å². The van der Waals surface area contributed by atoms with E-state index in [0.29, 0.717) is 53.6 Å². The van der Waals surface area contributed by atoms with Crippen molar-refractivity contribution in [2.45, 2.75) is 13.1 Å². The summed E-state index contributed by atoms with van der Waals surface area (Å²) >= 11 is 0. The predicted octanol–water partition coefficient (Wildman–Crippen LogP) is 3.40. The first-order valence-corrected chi connectivity index (χ1v) is 9.04. The topological polar surface area (TPSA) is 92.0 Å². The molecule has 2 heterocycles. The summed E-state index contributed by atoms with van der Waals surface area (Å²) in [5.41, 5.74) is 7.76. The second-order valence-electron chi connectivity index (χ2n) is 6.53. The zero-order chi connectivity index (χ0) is 20.4. The maximum absolute atomic E-state index is 6.27. The molecular weight excluding hydrogens is 372 g/mol. The molecule has 1 aliphatic rings. The lowest BCUT2D eigenvalue weighted by Crippen LogP contribution is -2.26. The Morgan fingerprint density at radius 1 is 0.897 bits per heavy atom. The largest absolute Gasteiger partial charge is 0.497 e. The SMILES string of the molecule is COc1ccc2c(c1)Oc1cc(OC)c(OC)cc1CN(c1nccc(N)n1)C2. The van der Waals surface area contributed by atoms with Crippen LogP contribution in [0.25, 0.3) is 0 Å². The van der Waals surface area contributed by atoms with Crippen molar-refractivity contribution in [3.63, 3.8) is 0 Å². The van der Waals surface area contributed by atoms with Crippen LogP contribution in [0.15, 0.2) is 42.6 Å². The van der Waals surface area contributed by atoms with Crippen molar-refractivity contribution in [1.82, 2.24) is 9.97 Å². The Hall–Kier alpha value is -3.68. The van der Waals surface area contributed by atoms with Gasteiger partial charge in [-0.2, -0.15) is 4.98 Å². The van der Waals surface area contributed by atoms with E-state index in [-0.39, 0.29) is 0 Å². The van der Waals surface area contributed by atoms with Crippen molar-refractivity contribution in [3.05, 3.63) is 53.7 Å². The van der Waals surface area contributed by atoms with E-state index >= 15 is 0 Å². The van der Waals surface area contributed by atoms with Crippen LogP contribution in [-0.2, 0) is 13.1 Å². The molecule has 0 unspecified atom stereocenters. The number of nitrogens with two attached hydrogens (primary N) is 1. The Bertz CT molecular complexity index is 1040. The van der Waals surface area contributed by atoms with E-state index in [0.717, 1.165) is 11.1 Å². The third kappa shape index (κ3) is 3.69. The zero-order valence-electron chi connectivity index (χ0n) is 16.5. The molecule has 1 aromatic heterocycles. The van der Waals surface area contributed by atoms with Crippen LogP contribution in [0.5, 0.6) is 28.7 Å². The van der Waals surface area contributed by atoms with Gasteiger partial charge in [0.25, 0.3) is 0 Å². The van der Waals surface area contributed by atoms with Crippen LogP contribution in [0.2, 0.25) is 0 Å². The van der Waals surface area contributed by atoms with E-state index in [4.69, 9.17) is 24.7 Å². The maximum Gasteiger partial charge on any atom is 0.227 e. The number of nitrogens with zero attached hydrogens (tertiary/aromatic N) is 3. The van der Waals surface area contributed by atoms with Gasteiger partial charge in [0.1, 0.15) is 23.1 Å².